The van der Waals surface area contributed by atoms with Crippen LogP contribution in [0.5, 0.6) is 0 Å². The summed E-state index contributed by atoms with van der Waals surface area (Å²) in [5, 5.41) is 2.68. The predicted octanol–water partition coefficient (Wildman–Crippen LogP) is 3.08. The fourth-order valence-electron chi connectivity index (χ4n) is 2.12. The van der Waals surface area contributed by atoms with E-state index in [-0.39, 0.29) is 10.9 Å². The fourth-order valence-corrected chi connectivity index (χ4v) is 2.30. The van der Waals surface area contributed by atoms with Gasteiger partial charge in [-0.1, -0.05) is 30.3 Å². The molecule has 0 aliphatic carbocycles. The number of furan rings is 1. The summed E-state index contributed by atoms with van der Waals surface area (Å²) in [5.74, 6) is 0.530. The Morgan fingerprint density at radius 1 is 1.17 bits per heavy atom. The van der Waals surface area contributed by atoms with E-state index in [0.29, 0.717) is 0 Å². The zero-order valence-electron chi connectivity index (χ0n) is 13.2. The minimum Gasteiger partial charge on any atom is -0.459 e. The van der Waals surface area contributed by atoms with Crippen LogP contribution in [-0.4, -0.2) is 34.8 Å². The van der Waals surface area contributed by atoms with Crippen molar-refractivity contribution in [1.29, 1.82) is 0 Å². The van der Waals surface area contributed by atoms with Gasteiger partial charge in [0.2, 0.25) is 5.11 Å². The molecule has 2 aromatic rings. The number of hydrogen-bond donors (Lipinski definition) is 1. The molecule has 23 heavy (non-hydrogen) atoms. The van der Waals surface area contributed by atoms with Crippen molar-refractivity contribution in [2.45, 2.75) is 13.8 Å². The second kappa shape index (κ2) is 8.24. The van der Waals surface area contributed by atoms with Gasteiger partial charge in [0.1, 0.15) is 5.84 Å². The lowest BCUT2D eigenvalue weighted by molar-refractivity contribution is 0.0950. The fraction of sp³-hybridized carbons (Fsp3) is 0.235. The van der Waals surface area contributed by atoms with Gasteiger partial charge in [-0.3, -0.25) is 10.1 Å². The largest absolute Gasteiger partial charge is 0.459 e. The molecule has 2 rings (SSSR count). The van der Waals surface area contributed by atoms with Gasteiger partial charge < -0.3 is 9.32 Å². The Morgan fingerprint density at radius 3 is 2.43 bits per heavy atom. The average molecular weight is 329 g/mol. The van der Waals surface area contributed by atoms with E-state index in [4.69, 9.17) is 16.6 Å². The van der Waals surface area contributed by atoms with E-state index in [1.807, 2.05) is 44.2 Å². The van der Waals surface area contributed by atoms with Crippen molar-refractivity contribution in [1.82, 2.24) is 10.2 Å². The molecule has 0 fully saturated rings. The molecule has 0 unspecified atom stereocenters. The number of carbonyl (C=O) groups excluding carboxylic acids is 1. The van der Waals surface area contributed by atoms with Gasteiger partial charge in [-0.15, -0.1) is 0 Å². The van der Waals surface area contributed by atoms with Gasteiger partial charge in [0.05, 0.1) is 6.26 Å². The molecule has 0 atom stereocenters. The molecule has 1 aromatic heterocycles. The smallest absolute Gasteiger partial charge is 0.293 e. The van der Waals surface area contributed by atoms with E-state index in [9.17, 15) is 4.79 Å². The van der Waals surface area contributed by atoms with Crippen LogP contribution in [0.25, 0.3) is 0 Å². The highest BCUT2D eigenvalue weighted by atomic mass is 32.1. The summed E-state index contributed by atoms with van der Waals surface area (Å²) in [6.07, 6.45) is 1.44. The Morgan fingerprint density at radius 2 is 1.87 bits per heavy atom. The third-order valence-corrected chi connectivity index (χ3v) is 3.46. The first kappa shape index (κ1) is 16.9. The number of carbonyl (C=O) groups is 1. The van der Waals surface area contributed by atoms with Crippen molar-refractivity contribution in [2.75, 3.05) is 13.1 Å². The molecule has 1 heterocycles. The maximum atomic E-state index is 12.0. The summed E-state index contributed by atoms with van der Waals surface area (Å²) >= 11 is 5.21. The summed E-state index contributed by atoms with van der Waals surface area (Å²) in [7, 11) is 0. The van der Waals surface area contributed by atoms with E-state index in [1.54, 1.807) is 12.1 Å². The maximum absolute atomic E-state index is 12.0. The molecule has 6 heteroatoms. The lowest BCUT2D eigenvalue weighted by atomic mass is 10.2. The second-order valence-electron chi connectivity index (χ2n) is 4.71. The lowest BCUT2D eigenvalue weighted by Gasteiger charge is -2.23. The molecule has 1 amide bonds. The Hall–Kier alpha value is -2.47. The van der Waals surface area contributed by atoms with Crippen LogP contribution in [0.4, 0.5) is 0 Å². The highest BCUT2D eigenvalue weighted by Gasteiger charge is 2.14. The Labute approximate surface area is 141 Å². The van der Waals surface area contributed by atoms with Gasteiger partial charge in [-0.05, 0) is 38.2 Å². The quantitative estimate of drug-likeness (QED) is 0.532. The van der Waals surface area contributed by atoms with E-state index >= 15 is 0 Å². The molecule has 0 bridgehead atoms. The summed E-state index contributed by atoms with van der Waals surface area (Å²) in [4.78, 5) is 18.5. The van der Waals surface area contributed by atoms with Gasteiger partial charge in [-0.2, -0.15) is 0 Å². The first-order chi connectivity index (χ1) is 11.2. The monoisotopic (exact) mass is 329 g/mol. The van der Waals surface area contributed by atoms with Crippen LogP contribution in [0, 0.1) is 0 Å². The van der Waals surface area contributed by atoms with Crippen molar-refractivity contribution < 1.29 is 9.21 Å². The number of hydrogen-bond acceptors (Lipinski definition) is 3. The van der Waals surface area contributed by atoms with Gasteiger partial charge in [0, 0.05) is 18.7 Å². The number of rotatable bonds is 4. The van der Waals surface area contributed by atoms with Crippen molar-refractivity contribution in [2.24, 2.45) is 4.99 Å². The SMILES string of the molecule is CCN(CC)C(=NC(=S)NC(=O)c1ccco1)c1ccccc1. The summed E-state index contributed by atoms with van der Waals surface area (Å²) in [6.45, 7) is 5.68. The first-order valence-corrected chi connectivity index (χ1v) is 7.84. The molecule has 0 saturated heterocycles. The number of amidine groups is 1. The van der Waals surface area contributed by atoms with Gasteiger partial charge in [0.25, 0.3) is 5.91 Å². The highest BCUT2D eigenvalue weighted by Crippen LogP contribution is 2.07. The van der Waals surface area contributed by atoms with Crippen LogP contribution in [0.1, 0.15) is 30.0 Å². The molecule has 120 valence electrons. The maximum Gasteiger partial charge on any atom is 0.293 e. The molecular weight excluding hydrogens is 310 g/mol. The van der Waals surface area contributed by atoms with Crippen LogP contribution in [0.2, 0.25) is 0 Å². The zero-order valence-corrected chi connectivity index (χ0v) is 14.0. The standard InChI is InChI=1S/C17H19N3O2S/c1-3-20(4-2)15(13-9-6-5-7-10-13)18-17(23)19-16(21)14-11-8-12-22-14/h5-12H,3-4H2,1-2H3,(H,19,21,23). The van der Waals surface area contributed by atoms with E-state index < -0.39 is 5.91 Å². The molecule has 0 saturated carbocycles. The summed E-state index contributed by atoms with van der Waals surface area (Å²) < 4.78 is 5.05. The highest BCUT2D eigenvalue weighted by molar-refractivity contribution is 7.80. The van der Waals surface area contributed by atoms with Crippen LogP contribution in [0.15, 0.2) is 58.1 Å². The number of nitrogens with one attached hydrogen (secondary N) is 1. The Bertz CT molecular complexity index is 677. The Balaban J connectivity index is 2.22. The molecule has 0 aliphatic rings. The second-order valence-corrected chi connectivity index (χ2v) is 5.10. The first-order valence-electron chi connectivity index (χ1n) is 7.43. The van der Waals surface area contributed by atoms with Crippen molar-refractivity contribution in [3.05, 3.63) is 60.1 Å². The van der Waals surface area contributed by atoms with E-state index in [2.05, 4.69) is 15.2 Å². The minimum atomic E-state index is -0.407. The van der Waals surface area contributed by atoms with Crippen molar-refractivity contribution in [3.8, 4) is 0 Å². The molecule has 5 nitrogen and oxygen atoms in total. The van der Waals surface area contributed by atoms with E-state index in [0.717, 1.165) is 24.5 Å². The third kappa shape index (κ3) is 4.50. The van der Waals surface area contributed by atoms with Crippen LogP contribution in [0.3, 0.4) is 0 Å². The van der Waals surface area contributed by atoms with Gasteiger partial charge >= 0.3 is 0 Å². The number of thiocarbonyl (C=S) groups is 1. The van der Waals surface area contributed by atoms with Crippen molar-refractivity contribution in [3.63, 3.8) is 0 Å². The van der Waals surface area contributed by atoms with Crippen molar-refractivity contribution >= 4 is 29.1 Å². The zero-order chi connectivity index (χ0) is 16.7. The van der Waals surface area contributed by atoms with Gasteiger partial charge in [-0.25, -0.2) is 4.99 Å². The predicted molar refractivity (Wildman–Crippen MR) is 94.7 cm³/mol. The minimum absolute atomic E-state index is 0.108. The lowest BCUT2D eigenvalue weighted by Crippen LogP contribution is -2.35. The summed E-state index contributed by atoms with van der Waals surface area (Å²) in [5.41, 5.74) is 0.950. The average Bonchev–Trinajstić information content (AvgIpc) is 3.10. The van der Waals surface area contributed by atoms with Crippen LogP contribution < -0.4 is 5.32 Å². The number of benzene rings is 1. The molecular formula is C17H19N3O2S. The van der Waals surface area contributed by atoms with E-state index in [1.165, 1.54) is 6.26 Å². The molecule has 0 spiro atoms. The topological polar surface area (TPSA) is 57.8 Å². The normalized spacial score (nSPS) is 11.1. The molecule has 0 aliphatic heterocycles. The molecule has 1 aromatic carbocycles. The Kier molecular flexibility index (Phi) is 6.05. The summed E-state index contributed by atoms with van der Waals surface area (Å²) in [6, 6.07) is 13.0. The molecule has 0 radical (unpaired) electrons. The third-order valence-electron chi connectivity index (χ3n) is 3.27. The molecule has 1 N–H and O–H groups in total. The number of amides is 1. The van der Waals surface area contributed by atoms with Crippen LogP contribution in [-0.2, 0) is 0 Å². The number of aliphatic imine (C=N–C) groups is 1. The van der Waals surface area contributed by atoms with Gasteiger partial charge in [0.15, 0.2) is 5.76 Å². The number of nitrogens with zero attached hydrogens (tertiary/aromatic N) is 2. The van der Waals surface area contributed by atoms with Crippen LogP contribution >= 0.6 is 12.2 Å².